The summed E-state index contributed by atoms with van der Waals surface area (Å²) in [5.41, 5.74) is -2.92. The number of nitrogens with zero attached hydrogens (tertiary/aromatic N) is 4. The number of carboxylic acid groups (broad SMARTS) is 1. The lowest BCUT2D eigenvalue weighted by Gasteiger charge is -2.15. The van der Waals surface area contributed by atoms with Crippen LogP contribution in [0, 0.1) is 0 Å². The molecule has 2 rings (SSSR count). The van der Waals surface area contributed by atoms with Crippen LogP contribution in [0.4, 0.5) is 13.2 Å². The SMILES string of the molecule is O=C(O)c1nnn(CC(=O)N2CCCC2=O)c1C(F)(F)F. The zero-order valence-electron chi connectivity index (χ0n) is 10.4. The summed E-state index contributed by atoms with van der Waals surface area (Å²) in [5, 5.41) is 14.6. The Balaban J connectivity index is 2.30. The van der Waals surface area contributed by atoms with Gasteiger partial charge in [0.25, 0.3) is 5.91 Å². The summed E-state index contributed by atoms with van der Waals surface area (Å²) < 4.78 is 38.7. The number of carbonyl (C=O) groups excluding carboxylic acids is 2. The van der Waals surface area contributed by atoms with Crippen molar-refractivity contribution < 1.29 is 32.7 Å². The first-order valence-electron chi connectivity index (χ1n) is 5.79. The van der Waals surface area contributed by atoms with Gasteiger partial charge in [-0.25, -0.2) is 9.48 Å². The highest BCUT2D eigenvalue weighted by Crippen LogP contribution is 2.31. The predicted octanol–water partition coefficient (Wildman–Crippen LogP) is 0.144. The van der Waals surface area contributed by atoms with E-state index < -0.39 is 41.9 Å². The molecule has 8 nitrogen and oxygen atoms in total. The van der Waals surface area contributed by atoms with Crippen LogP contribution in [0.2, 0.25) is 0 Å². The van der Waals surface area contributed by atoms with Crippen LogP contribution >= 0.6 is 0 Å². The standard InChI is InChI=1S/C10H9F3N4O4/c11-10(12,13)8-7(9(20)21)14-15-17(8)4-6(19)16-3-1-2-5(16)18/h1-4H2,(H,20,21). The smallest absolute Gasteiger partial charge is 0.435 e. The molecule has 11 heteroatoms. The van der Waals surface area contributed by atoms with Gasteiger partial charge in [-0.1, -0.05) is 5.21 Å². The third-order valence-electron chi connectivity index (χ3n) is 2.87. The van der Waals surface area contributed by atoms with Crippen molar-refractivity contribution in [2.24, 2.45) is 0 Å². The van der Waals surface area contributed by atoms with Gasteiger partial charge in [-0.05, 0) is 6.42 Å². The number of alkyl halides is 3. The first-order valence-corrected chi connectivity index (χ1v) is 5.79. The molecule has 0 bridgehead atoms. The van der Waals surface area contributed by atoms with Crippen molar-refractivity contribution in [2.45, 2.75) is 25.6 Å². The minimum atomic E-state index is -5.04. The Morgan fingerprint density at radius 2 is 2.00 bits per heavy atom. The Kier molecular flexibility index (Phi) is 3.66. The molecule has 21 heavy (non-hydrogen) atoms. The number of carboxylic acids is 1. The number of aromatic carboxylic acids is 1. The second kappa shape index (κ2) is 5.14. The van der Waals surface area contributed by atoms with Crippen molar-refractivity contribution in [3.05, 3.63) is 11.4 Å². The van der Waals surface area contributed by atoms with E-state index >= 15 is 0 Å². The number of carbonyl (C=O) groups is 3. The van der Waals surface area contributed by atoms with Crippen molar-refractivity contribution in [3.63, 3.8) is 0 Å². The highest BCUT2D eigenvalue weighted by atomic mass is 19.4. The van der Waals surface area contributed by atoms with Crippen LogP contribution in [0.25, 0.3) is 0 Å². The van der Waals surface area contributed by atoms with Crippen LogP contribution in [-0.2, 0) is 22.3 Å². The van der Waals surface area contributed by atoms with Gasteiger partial charge in [0.1, 0.15) is 6.54 Å². The van der Waals surface area contributed by atoms with Crippen LogP contribution in [0.1, 0.15) is 29.0 Å². The molecule has 1 N–H and O–H groups in total. The molecule has 0 spiro atoms. The van der Waals surface area contributed by atoms with E-state index in [0.29, 0.717) is 6.42 Å². The lowest BCUT2D eigenvalue weighted by Crippen LogP contribution is -2.35. The molecule has 1 saturated heterocycles. The quantitative estimate of drug-likeness (QED) is 0.852. The highest BCUT2D eigenvalue weighted by molar-refractivity contribution is 5.96. The van der Waals surface area contributed by atoms with Gasteiger partial charge in [-0.3, -0.25) is 14.5 Å². The molecule has 1 fully saturated rings. The summed E-state index contributed by atoms with van der Waals surface area (Å²) in [5.74, 6) is -3.27. The summed E-state index contributed by atoms with van der Waals surface area (Å²) in [6, 6.07) is 0. The maximum Gasteiger partial charge on any atom is 0.435 e. The average Bonchev–Trinajstić information content (AvgIpc) is 2.94. The monoisotopic (exact) mass is 306 g/mol. The molecular formula is C10H9F3N4O4. The Hall–Kier alpha value is -2.46. The second-order valence-electron chi connectivity index (χ2n) is 4.29. The first-order chi connectivity index (χ1) is 9.71. The van der Waals surface area contributed by atoms with Crippen LogP contribution in [0.15, 0.2) is 0 Å². The molecular weight excluding hydrogens is 297 g/mol. The van der Waals surface area contributed by atoms with E-state index in [4.69, 9.17) is 5.11 Å². The maximum absolute atomic E-state index is 12.9. The number of hydrogen-bond donors (Lipinski definition) is 1. The lowest BCUT2D eigenvalue weighted by atomic mass is 10.3. The Labute approximate surface area is 115 Å². The summed E-state index contributed by atoms with van der Waals surface area (Å²) >= 11 is 0. The minimum absolute atomic E-state index is 0.125. The van der Waals surface area contributed by atoms with Crippen molar-refractivity contribution in [1.29, 1.82) is 0 Å². The van der Waals surface area contributed by atoms with E-state index in [2.05, 4.69) is 10.3 Å². The van der Waals surface area contributed by atoms with Crippen LogP contribution in [-0.4, -0.2) is 49.3 Å². The van der Waals surface area contributed by atoms with Gasteiger partial charge in [0.05, 0.1) is 0 Å². The molecule has 1 aromatic rings. The second-order valence-corrected chi connectivity index (χ2v) is 4.29. The van der Waals surface area contributed by atoms with Gasteiger partial charge in [0.2, 0.25) is 11.6 Å². The first kappa shape index (κ1) is 14.9. The van der Waals surface area contributed by atoms with E-state index in [0.717, 1.165) is 4.90 Å². The fourth-order valence-electron chi connectivity index (χ4n) is 1.97. The lowest BCUT2D eigenvalue weighted by molar-refractivity contribution is -0.147. The minimum Gasteiger partial charge on any atom is -0.476 e. The van der Waals surface area contributed by atoms with Gasteiger partial charge in [0.15, 0.2) is 5.69 Å². The molecule has 0 aromatic carbocycles. The van der Waals surface area contributed by atoms with E-state index in [1.165, 1.54) is 0 Å². The summed E-state index contributed by atoms with van der Waals surface area (Å²) in [7, 11) is 0. The molecule has 1 aliphatic rings. The molecule has 0 atom stereocenters. The van der Waals surface area contributed by atoms with Gasteiger partial charge >= 0.3 is 12.1 Å². The summed E-state index contributed by atoms with van der Waals surface area (Å²) in [6.45, 7) is -0.777. The normalized spacial score (nSPS) is 15.6. The number of hydrogen-bond acceptors (Lipinski definition) is 5. The van der Waals surface area contributed by atoms with E-state index in [1.807, 2.05) is 0 Å². The van der Waals surface area contributed by atoms with Crippen molar-refractivity contribution in [3.8, 4) is 0 Å². The van der Waals surface area contributed by atoms with Gasteiger partial charge in [-0.2, -0.15) is 13.2 Å². The third-order valence-corrected chi connectivity index (χ3v) is 2.87. The Morgan fingerprint density at radius 1 is 1.33 bits per heavy atom. The van der Waals surface area contributed by atoms with Crippen LogP contribution in [0.5, 0.6) is 0 Å². The van der Waals surface area contributed by atoms with Gasteiger partial charge < -0.3 is 5.11 Å². The molecule has 0 unspecified atom stereocenters. The zero-order valence-corrected chi connectivity index (χ0v) is 10.4. The molecule has 0 saturated carbocycles. The van der Waals surface area contributed by atoms with E-state index in [1.54, 1.807) is 0 Å². The molecule has 2 amide bonds. The number of aromatic nitrogens is 3. The largest absolute Gasteiger partial charge is 0.476 e. The van der Waals surface area contributed by atoms with Gasteiger partial charge in [0, 0.05) is 13.0 Å². The number of likely N-dealkylation sites (tertiary alicyclic amines) is 1. The third kappa shape index (κ3) is 2.85. The molecule has 1 aromatic heterocycles. The Bertz CT molecular complexity index is 610. The van der Waals surface area contributed by atoms with E-state index in [9.17, 15) is 27.6 Å². The fraction of sp³-hybridized carbons (Fsp3) is 0.500. The molecule has 114 valence electrons. The van der Waals surface area contributed by atoms with Crippen molar-refractivity contribution >= 4 is 17.8 Å². The van der Waals surface area contributed by atoms with E-state index in [-0.39, 0.29) is 17.6 Å². The topological polar surface area (TPSA) is 105 Å². The molecule has 0 aliphatic carbocycles. The summed E-state index contributed by atoms with van der Waals surface area (Å²) in [6.07, 6.45) is -4.45. The predicted molar refractivity (Wildman–Crippen MR) is 57.9 cm³/mol. The fourth-order valence-corrected chi connectivity index (χ4v) is 1.97. The van der Waals surface area contributed by atoms with Crippen LogP contribution in [0.3, 0.4) is 0 Å². The number of imide groups is 1. The summed E-state index contributed by atoms with van der Waals surface area (Å²) in [4.78, 5) is 34.7. The average molecular weight is 306 g/mol. The maximum atomic E-state index is 12.9. The molecule has 2 heterocycles. The van der Waals surface area contributed by atoms with Crippen LogP contribution < -0.4 is 0 Å². The van der Waals surface area contributed by atoms with Crippen molar-refractivity contribution in [2.75, 3.05) is 6.54 Å². The Morgan fingerprint density at radius 3 is 2.48 bits per heavy atom. The number of halogens is 3. The number of amides is 2. The van der Waals surface area contributed by atoms with Crippen molar-refractivity contribution in [1.82, 2.24) is 19.9 Å². The van der Waals surface area contributed by atoms with Gasteiger partial charge in [-0.15, -0.1) is 5.10 Å². The molecule has 0 radical (unpaired) electrons. The highest BCUT2D eigenvalue weighted by Gasteiger charge is 2.42. The number of rotatable bonds is 3. The zero-order chi connectivity index (χ0) is 15.8. The molecule has 1 aliphatic heterocycles.